The van der Waals surface area contributed by atoms with Crippen molar-refractivity contribution in [3.63, 3.8) is 0 Å². The molecule has 2 heterocycles. The number of rotatable bonds is 3. The highest BCUT2D eigenvalue weighted by Crippen LogP contribution is 2.27. The van der Waals surface area contributed by atoms with Gasteiger partial charge in [0.25, 0.3) is 0 Å². The maximum atomic E-state index is 5.93. The maximum absolute atomic E-state index is 5.93. The molecule has 0 atom stereocenters. The Hall–Kier alpha value is -2.07. The van der Waals surface area contributed by atoms with Gasteiger partial charge in [-0.05, 0) is 47.9 Å². The number of aromatic nitrogens is 2. The topological polar surface area (TPSA) is 27.1 Å². The minimum Gasteiger partial charge on any atom is -0.489 e. The molecular weight excluding hydrogens is 340 g/mol. The zero-order valence-electron chi connectivity index (χ0n) is 12.0. The van der Waals surface area contributed by atoms with E-state index in [1.165, 1.54) is 11.3 Å². The first kappa shape index (κ1) is 13.6. The minimum atomic E-state index is 0.586. The fourth-order valence-electron chi connectivity index (χ4n) is 2.82. The van der Waals surface area contributed by atoms with Crippen molar-refractivity contribution in [2.24, 2.45) is 0 Å². The Labute approximate surface area is 137 Å². The van der Waals surface area contributed by atoms with Crippen LogP contribution in [0.25, 0.3) is 5.69 Å². The first-order valence-corrected chi connectivity index (χ1v) is 8.12. The number of nitrogens with zero attached hydrogens (tertiary/aromatic N) is 2. The average Bonchev–Trinajstić information content (AvgIpc) is 3.03. The zero-order chi connectivity index (χ0) is 14.9. The molecule has 110 valence electrons. The van der Waals surface area contributed by atoms with Crippen molar-refractivity contribution in [3.8, 4) is 11.4 Å². The quantitative estimate of drug-likeness (QED) is 0.700. The molecule has 0 aliphatic carbocycles. The van der Waals surface area contributed by atoms with Crippen molar-refractivity contribution in [1.82, 2.24) is 9.55 Å². The van der Waals surface area contributed by atoms with Crippen LogP contribution < -0.4 is 4.74 Å². The number of aryl methyl sites for hydroxylation is 2. The van der Waals surface area contributed by atoms with Crippen molar-refractivity contribution >= 4 is 15.9 Å². The molecule has 22 heavy (non-hydrogen) atoms. The number of halogens is 1. The van der Waals surface area contributed by atoms with Crippen LogP contribution in [-0.4, -0.2) is 9.55 Å². The highest BCUT2D eigenvalue weighted by atomic mass is 79.9. The lowest BCUT2D eigenvalue weighted by Crippen LogP contribution is -2.11. The standard InChI is InChI=1S/C18H15BrN2O/c19-15-4-1-13(2-5-15)12-22-16-6-7-17-14(11-16)3-8-18-20-9-10-21(17)18/h1-2,4-7,9-11H,3,8,12H2. The van der Waals surface area contributed by atoms with E-state index >= 15 is 0 Å². The number of imidazole rings is 1. The molecule has 4 rings (SSSR count). The molecule has 4 heteroatoms. The Kier molecular flexibility index (Phi) is 3.47. The lowest BCUT2D eigenvalue weighted by molar-refractivity contribution is 0.306. The van der Waals surface area contributed by atoms with E-state index in [0.717, 1.165) is 34.5 Å². The number of ether oxygens (including phenoxy) is 1. The van der Waals surface area contributed by atoms with Crippen LogP contribution in [0, 0.1) is 0 Å². The molecule has 3 nitrogen and oxygen atoms in total. The number of hydrogen-bond donors (Lipinski definition) is 0. The molecule has 1 aliphatic rings. The number of benzene rings is 2. The van der Waals surface area contributed by atoms with E-state index in [0.29, 0.717) is 6.61 Å². The van der Waals surface area contributed by atoms with Crippen molar-refractivity contribution in [2.75, 3.05) is 0 Å². The summed E-state index contributed by atoms with van der Waals surface area (Å²) in [6, 6.07) is 14.5. The first-order chi connectivity index (χ1) is 10.8. The molecule has 0 unspecified atom stereocenters. The van der Waals surface area contributed by atoms with Crippen molar-refractivity contribution < 1.29 is 4.74 Å². The Bertz CT molecular complexity index is 808. The van der Waals surface area contributed by atoms with E-state index in [2.05, 4.69) is 49.7 Å². The van der Waals surface area contributed by atoms with Crippen LogP contribution in [0.5, 0.6) is 5.75 Å². The van der Waals surface area contributed by atoms with Gasteiger partial charge in [0.2, 0.25) is 0 Å². The summed E-state index contributed by atoms with van der Waals surface area (Å²) >= 11 is 3.44. The Morgan fingerprint density at radius 1 is 1.09 bits per heavy atom. The monoisotopic (exact) mass is 354 g/mol. The van der Waals surface area contributed by atoms with Gasteiger partial charge in [0.05, 0.1) is 5.69 Å². The summed E-state index contributed by atoms with van der Waals surface area (Å²) in [5.74, 6) is 2.06. The summed E-state index contributed by atoms with van der Waals surface area (Å²) in [4.78, 5) is 4.39. The first-order valence-electron chi connectivity index (χ1n) is 7.32. The van der Waals surface area contributed by atoms with Gasteiger partial charge < -0.3 is 9.30 Å². The molecule has 1 aliphatic heterocycles. The molecule has 0 amide bonds. The molecule has 2 aromatic carbocycles. The number of hydrogen-bond acceptors (Lipinski definition) is 2. The van der Waals surface area contributed by atoms with E-state index in [-0.39, 0.29) is 0 Å². The van der Waals surface area contributed by atoms with Gasteiger partial charge in [-0.1, -0.05) is 28.1 Å². The van der Waals surface area contributed by atoms with Crippen LogP contribution >= 0.6 is 15.9 Å². The van der Waals surface area contributed by atoms with E-state index in [1.54, 1.807) is 0 Å². The Morgan fingerprint density at radius 2 is 1.95 bits per heavy atom. The van der Waals surface area contributed by atoms with Crippen molar-refractivity contribution in [3.05, 3.63) is 76.3 Å². The van der Waals surface area contributed by atoms with Crippen LogP contribution in [0.4, 0.5) is 0 Å². The van der Waals surface area contributed by atoms with Gasteiger partial charge in [-0.2, -0.15) is 0 Å². The largest absolute Gasteiger partial charge is 0.489 e. The van der Waals surface area contributed by atoms with E-state index in [9.17, 15) is 0 Å². The normalized spacial score (nSPS) is 12.6. The highest BCUT2D eigenvalue weighted by Gasteiger charge is 2.16. The third-order valence-corrected chi connectivity index (χ3v) is 4.49. The highest BCUT2D eigenvalue weighted by molar-refractivity contribution is 9.10. The summed E-state index contributed by atoms with van der Waals surface area (Å²) in [6.07, 6.45) is 5.88. The number of fused-ring (bicyclic) bond motifs is 3. The molecule has 0 N–H and O–H groups in total. The third-order valence-electron chi connectivity index (χ3n) is 3.96. The lowest BCUT2D eigenvalue weighted by atomic mass is 10.0. The molecule has 3 aromatic rings. The molecule has 1 aromatic heterocycles. The summed E-state index contributed by atoms with van der Waals surface area (Å²) in [5.41, 5.74) is 3.70. The average molecular weight is 355 g/mol. The van der Waals surface area contributed by atoms with Crippen LogP contribution in [0.15, 0.2) is 59.3 Å². The maximum Gasteiger partial charge on any atom is 0.120 e. The van der Waals surface area contributed by atoms with E-state index in [4.69, 9.17) is 4.74 Å². The molecule has 0 spiro atoms. The van der Waals surface area contributed by atoms with E-state index < -0.39 is 0 Å². The smallest absolute Gasteiger partial charge is 0.120 e. The van der Waals surface area contributed by atoms with Gasteiger partial charge in [0, 0.05) is 23.3 Å². The van der Waals surface area contributed by atoms with Crippen LogP contribution in [0.3, 0.4) is 0 Å². The van der Waals surface area contributed by atoms with Gasteiger partial charge >= 0.3 is 0 Å². The second-order valence-corrected chi connectivity index (χ2v) is 6.33. The molecule has 0 saturated carbocycles. The predicted molar refractivity (Wildman–Crippen MR) is 89.4 cm³/mol. The van der Waals surface area contributed by atoms with Crippen LogP contribution in [-0.2, 0) is 19.4 Å². The Morgan fingerprint density at radius 3 is 2.82 bits per heavy atom. The van der Waals surface area contributed by atoms with Crippen LogP contribution in [0.1, 0.15) is 17.0 Å². The third kappa shape index (κ3) is 2.55. The predicted octanol–water partition coefficient (Wildman–Crippen LogP) is 4.31. The Balaban J connectivity index is 1.54. The van der Waals surface area contributed by atoms with Gasteiger partial charge in [-0.15, -0.1) is 0 Å². The fraction of sp³-hybridized carbons (Fsp3) is 0.167. The summed E-state index contributed by atoms with van der Waals surface area (Å²) in [6.45, 7) is 0.586. The van der Waals surface area contributed by atoms with Crippen LogP contribution in [0.2, 0.25) is 0 Å². The SMILES string of the molecule is Brc1ccc(COc2ccc3c(c2)CCc2nccn2-3)cc1. The van der Waals surface area contributed by atoms with Crippen molar-refractivity contribution in [1.29, 1.82) is 0 Å². The van der Waals surface area contributed by atoms with Gasteiger partial charge in [-0.3, -0.25) is 0 Å². The second-order valence-electron chi connectivity index (χ2n) is 5.42. The molecule has 0 fully saturated rings. The molecular formula is C18H15BrN2O. The second kappa shape index (κ2) is 5.61. The summed E-state index contributed by atoms with van der Waals surface area (Å²) in [7, 11) is 0. The molecule has 0 radical (unpaired) electrons. The van der Waals surface area contributed by atoms with Gasteiger partial charge in [0.15, 0.2) is 0 Å². The lowest BCUT2D eigenvalue weighted by Gasteiger charge is -2.19. The summed E-state index contributed by atoms with van der Waals surface area (Å²) in [5, 5.41) is 0. The summed E-state index contributed by atoms with van der Waals surface area (Å²) < 4.78 is 9.18. The van der Waals surface area contributed by atoms with Gasteiger partial charge in [0.1, 0.15) is 18.2 Å². The molecule has 0 saturated heterocycles. The van der Waals surface area contributed by atoms with Gasteiger partial charge in [-0.25, -0.2) is 4.98 Å². The van der Waals surface area contributed by atoms with Crippen molar-refractivity contribution in [2.45, 2.75) is 19.4 Å². The zero-order valence-corrected chi connectivity index (χ0v) is 13.6. The minimum absolute atomic E-state index is 0.586. The molecule has 0 bridgehead atoms. The fourth-order valence-corrected chi connectivity index (χ4v) is 3.08. The van der Waals surface area contributed by atoms with E-state index in [1.807, 2.05) is 30.6 Å².